The fraction of sp³-hybridized carbons (Fsp3) is 0.333. The Kier molecular flexibility index (Phi) is 6.95. The lowest BCUT2D eigenvalue weighted by Gasteiger charge is -2.24. The van der Waals surface area contributed by atoms with E-state index in [2.05, 4.69) is 5.32 Å². The standard InChI is InChI=1S/C27H31N3O5S/c1-27(2,3)35-26(32)29(4)17-19-15-24(20-9-6-5-7-10-20)30(18-19)36(33,34)23-12-8-11-21(16-23)25(31)28-22-13-14-22/h5-12,15-16,18,22H,13-14,17H2,1-4H3,(H,28,31). The molecule has 0 spiro atoms. The topological polar surface area (TPSA) is 97.7 Å². The van der Waals surface area contributed by atoms with Crippen LogP contribution < -0.4 is 5.32 Å². The Morgan fingerprint density at radius 1 is 1.06 bits per heavy atom. The maximum atomic E-state index is 13.8. The Balaban J connectivity index is 1.69. The first-order chi connectivity index (χ1) is 16.9. The van der Waals surface area contributed by atoms with Crippen molar-refractivity contribution < 1.29 is 22.7 Å². The molecule has 0 aliphatic heterocycles. The van der Waals surface area contributed by atoms with Crippen LogP contribution >= 0.6 is 0 Å². The highest BCUT2D eigenvalue weighted by Gasteiger charge is 2.27. The highest BCUT2D eigenvalue weighted by Crippen LogP contribution is 2.28. The zero-order chi connectivity index (χ0) is 26.1. The third-order valence-electron chi connectivity index (χ3n) is 5.60. The van der Waals surface area contributed by atoms with Gasteiger partial charge in [0.25, 0.3) is 15.9 Å². The van der Waals surface area contributed by atoms with Crippen LogP contribution in [0.25, 0.3) is 11.3 Å². The highest BCUT2D eigenvalue weighted by atomic mass is 32.2. The van der Waals surface area contributed by atoms with E-state index in [1.54, 1.807) is 46.0 Å². The van der Waals surface area contributed by atoms with Gasteiger partial charge in [-0.25, -0.2) is 17.2 Å². The summed E-state index contributed by atoms with van der Waals surface area (Å²) in [6, 6.07) is 17.1. The number of nitrogens with one attached hydrogen (secondary N) is 1. The maximum absolute atomic E-state index is 13.8. The number of hydrogen-bond acceptors (Lipinski definition) is 5. The smallest absolute Gasteiger partial charge is 0.410 e. The molecule has 3 aromatic rings. The third kappa shape index (κ3) is 5.96. The Labute approximate surface area is 211 Å². The highest BCUT2D eigenvalue weighted by molar-refractivity contribution is 7.90. The van der Waals surface area contributed by atoms with Gasteiger partial charge in [-0.2, -0.15) is 0 Å². The Morgan fingerprint density at radius 2 is 1.75 bits per heavy atom. The van der Waals surface area contributed by atoms with E-state index in [0.717, 1.165) is 12.8 Å². The lowest BCUT2D eigenvalue weighted by molar-refractivity contribution is 0.0285. The minimum Gasteiger partial charge on any atom is -0.444 e. The largest absolute Gasteiger partial charge is 0.444 e. The zero-order valence-electron chi connectivity index (χ0n) is 20.9. The van der Waals surface area contributed by atoms with Crippen LogP contribution in [-0.2, 0) is 21.3 Å². The molecule has 1 N–H and O–H groups in total. The Morgan fingerprint density at radius 3 is 2.39 bits per heavy atom. The Bertz CT molecular complexity index is 1370. The van der Waals surface area contributed by atoms with Gasteiger partial charge in [-0.1, -0.05) is 36.4 Å². The molecular formula is C27H31N3O5S. The maximum Gasteiger partial charge on any atom is 0.410 e. The van der Waals surface area contributed by atoms with Crippen LogP contribution in [-0.4, -0.2) is 48.0 Å². The SMILES string of the molecule is CN(Cc1cc(-c2ccccc2)n(S(=O)(=O)c2cccc(C(=O)NC3CC3)c2)c1)C(=O)OC(C)(C)C. The van der Waals surface area contributed by atoms with E-state index < -0.39 is 21.7 Å². The van der Waals surface area contributed by atoms with Crippen molar-refractivity contribution in [1.82, 2.24) is 14.2 Å². The molecular weight excluding hydrogens is 478 g/mol. The predicted molar refractivity (Wildman–Crippen MR) is 137 cm³/mol. The van der Waals surface area contributed by atoms with E-state index in [1.165, 1.54) is 27.2 Å². The fourth-order valence-corrected chi connectivity index (χ4v) is 5.13. The summed E-state index contributed by atoms with van der Waals surface area (Å²) in [6.45, 7) is 5.51. The molecule has 36 heavy (non-hydrogen) atoms. The van der Waals surface area contributed by atoms with E-state index >= 15 is 0 Å². The molecule has 2 amide bonds. The number of aromatic nitrogens is 1. The van der Waals surface area contributed by atoms with Crippen molar-refractivity contribution in [2.75, 3.05) is 7.05 Å². The van der Waals surface area contributed by atoms with Crippen molar-refractivity contribution in [3.63, 3.8) is 0 Å². The van der Waals surface area contributed by atoms with Crippen LogP contribution in [0.5, 0.6) is 0 Å². The van der Waals surface area contributed by atoms with Gasteiger partial charge in [-0.15, -0.1) is 0 Å². The number of rotatable bonds is 7. The first-order valence-electron chi connectivity index (χ1n) is 11.8. The number of hydrogen-bond donors (Lipinski definition) is 1. The lowest BCUT2D eigenvalue weighted by Crippen LogP contribution is -2.33. The van der Waals surface area contributed by atoms with Crippen LogP contribution in [0, 0.1) is 0 Å². The second-order valence-electron chi connectivity index (χ2n) is 10.0. The Hall–Kier alpha value is -3.59. The van der Waals surface area contributed by atoms with Crippen molar-refractivity contribution in [3.8, 4) is 11.3 Å². The van der Waals surface area contributed by atoms with Gasteiger partial charge in [0.15, 0.2) is 0 Å². The summed E-state index contributed by atoms with van der Waals surface area (Å²) in [5, 5.41) is 2.89. The molecule has 2 aromatic carbocycles. The van der Waals surface area contributed by atoms with Crippen molar-refractivity contribution in [2.24, 2.45) is 0 Å². The average molecular weight is 510 g/mol. The zero-order valence-corrected chi connectivity index (χ0v) is 21.7. The second-order valence-corrected chi connectivity index (χ2v) is 11.8. The number of benzene rings is 2. The number of carbonyl (C=O) groups is 2. The van der Waals surface area contributed by atoms with Crippen LogP contribution in [0.2, 0.25) is 0 Å². The van der Waals surface area contributed by atoms with E-state index in [-0.39, 0.29) is 23.4 Å². The van der Waals surface area contributed by atoms with Crippen LogP contribution in [0.1, 0.15) is 49.5 Å². The summed E-state index contributed by atoms with van der Waals surface area (Å²) in [7, 11) is -2.45. The summed E-state index contributed by atoms with van der Waals surface area (Å²) in [5.74, 6) is -0.287. The average Bonchev–Trinajstić information content (AvgIpc) is 3.54. The molecule has 4 rings (SSSR count). The summed E-state index contributed by atoms with van der Waals surface area (Å²) < 4.78 is 34.2. The van der Waals surface area contributed by atoms with Gasteiger partial charge >= 0.3 is 6.09 Å². The first kappa shape index (κ1) is 25.5. The normalized spacial score (nSPS) is 13.8. The quantitative estimate of drug-likeness (QED) is 0.500. The number of ether oxygens (including phenoxy) is 1. The molecule has 0 unspecified atom stereocenters. The molecule has 1 fully saturated rings. The number of carbonyl (C=O) groups excluding carboxylic acids is 2. The summed E-state index contributed by atoms with van der Waals surface area (Å²) in [5.41, 5.74) is 1.42. The molecule has 0 bridgehead atoms. The van der Waals surface area contributed by atoms with Gasteiger partial charge in [0.1, 0.15) is 5.60 Å². The molecule has 1 heterocycles. The van der Waals surface area contributed by atoms with Gasteiger partial charge in [0.05, 0.1) is 17.1 Å². The molecule has 190 valence electrons. The molecule has 1 aliphatic carbocycles. The second kappa shape index (κ2) is 9.81. The molecule has 1 saturated carbocycles. The van der Waals surface area contributed by atoms with Crippen molar-refractivity contribution >= 4 is 22.0 Å². The van der Waals surface area contributed by atoms with E-state index in [1.807, 2.05) is 30.3 Å². The van der Waals surface area contributed by atoms with Gasteiger partial charge in [-0.05, 0) is 69.0 Å². The van der Waals surface area contributed by atoms with E-state index in [4.69, 9.17) is 4.74 Å². The molecule has 8 nitrogen and oxygen atoms in total. The molecule has 0 saturated heterocycles. The van der Waals surface area contributed by atoms with Gasteiger partial charge in [0, 0.05) is 24.8 Å². The van der Waals surface area contributed by atoms with Crippen LogP contribution in [0.4, 0.5) is 4.79 Å². The van der Waals surface area contributed by atoms with Crippen molar-refractivity contribution in [2.45, 2.75) is 56.7 Å². The van der Waals surface area contributed by atoms with Gasteiger partial charge in [-0.3, -0.25) is 4.79 Å². The number of amides is 2. The fourth-order valence-electron chi connectivity index (χ4n) is 3.69. The predicted octanol–water partition coefficient (Wildman–Crippen LogP) is 4.65. The summed E-state index contributed by atoms with van der Waals surface area (Å²) in [4.78, 5) is 26.4. The minimum atomic E-state index is -4.05. The summed E-state index contributed by atoms with van der Waals surface area (Å²) in [6.07, 6.45) is 2.88. The van der Waals surface area contributed by atoms with E-state index in [9.17, 15) is 18.0 Å². The lowest BCUT2D eigenvalue weighted by atomic mass is 10.1. The van der Waals surface area contributed by atoms with Crippen molar-refractivity contribution in [1.29, 1.82) is 0 Å². The molecule has 0 atom stereocenters. The van der Waals surface area contributed by atoms with Gasteiger partial charge in [0.2, 0.25) is 0 Å². The number of nitrogens with zero attached hydrogens (tertiary/aromatic N) is 2. The third-order valence-corrected chi connectivity index (χ3v) is 7.27. The first-order valence-corrected chi connectivity index (χ1v) is 13.3. The van der Waals surface area contributed by atoms with Crippen LogP contribution in [0.15, 0.2) is 71.8 Å². The molecule has 1 aliphatic rings. The van der Waals surface area contributed by atoms with Crippen LogP contribution in [0.3, 0.4) is 0 Å². The van der Waals surface area contributed by atoms with E-state index in [0.29, 0.717) is 22.4 Å². The molecule has 0 radical (unpaired) electrons. The summed E-state index contributed by atoms with van der Waals surface area (Å²) >= 11 is 0. The minimum absolute atomic E-state index is 0.00535. The monoisotopic (exact) mass is 509 g/mol. The van der Waals surface area contributed by atoms with Crippen molar-refractivity contribution in [3.05, 3.63) is 78.0 Å². The molecule has 1 aromatic heterocycles. The molecule has 9 heteroatoms. The van der Waals surface area contributed by atoms with Gasteiger partial charge < -0.3 is 15.0 Å².